The monoisotopic (exact) mass is 203 g/mol. The van der Waals surface area contributed by atoms with Crippen LogP contribution >= 0.6 is 0 Å². The number of rotatable bonds is 5. The molecular formula is C14H21N. The summed E-state index contributed by atoms with van der Waals surface area (Å²) in [5.41, 5.74) is 3.47. The Morgan fingerprint density at radius 3 is 2.73 bits per heavy atom. The van der Waals surface area contributed by atoms with E-state index in [1.807, 2.05) is 0 Å². The molecule has 0 aromatic heterocycles. The quantitative estimate of drug-likeness (QED) is 0.776. The molecule has 15 heavy (non-hydrogen) atoms. The molecule has 0 bridgehead atoms. The maximum atomic E-state index is 3.49. The highest BCUT2D eigenvalue weighted by Gasteiger charge is 2.41. The van der Waals surface area contributed by atoms with Crippen molar-refractivity contribution in [1.82, 2.24) is 5.32 Å². The largest absolute Gasteiger partial charge is 0.316 e. The zero-order chi connectivity index (χ0) is 10.7. The number of nitrogens with one attached hydrogen (secondary N) is 1. The first-order valence-electron chi connectivity index (χ1n) is 6.00. The maximum absolute atomic E-state index is 3.49. The van der Waals surface area contributed by atoms with Crippen LogP contribution in [-0.2, 0) is 6.42 Å². The van der Waals surface area contributed by atoms with Crippen LogP contribution in [0.15, 0.2) is 24.3 Å². The molecule has 0 saturated heterocycles. The number of aryl methyl sites for hydroxylation is 1. The average Bonchev–Trinajstić information content (AvgIpc) is 2.96. The number of hydrogen-bond donors (Lipinski definition) is 1. The highest BCUT2D eigenvalue weighted by atomic mass is 14.9. The third-order valence-electron chi connectivity index (χ3n) is 3.37. The fraction of sp³-hybridized carbons (Fsp3) is 0.571. The van der Waals surface area contributed by atoms with Crippen LogP contribution in [0.1, 0.15) is 30.9 Å². The molecule has 82 valence electrons. The van der Waals surface area contributed by atoms with E-state index in [9.17, 15) is 0 Å². The first kappa shape index (κ1) is 10.7. The smallest absolute Gasteiger partial charge is 0.00109 e. The summed E-state index contributed by atoms with van der Waals surface area (Å²) in [5.74, 6) is 0. The average molecular weight is 203 g/mol. The Kier molecular flexibility index (Phi) is 3.11. The molecule has 0 spiro atoms. The van der Waals surface area contributed by atoms with Gasteiger partial charge in [-0.3, -0.25) is 0 Å². The first-order valence-corrected chi connectivity index (χ1v) is 6.00. The van der Waals surface area contributed by atoms with Gasteiger partial charge in [0.1, 0.15) is 0 Å². The molecule has 1 N–H and O–H groups in total. The fourth-order valence-corrected chi connectivity index (χ4v) is 2.24. The predicted molar refractivity (Wildman–Crippen MR) is 65.1 cm³/mol. The van der Waals surface area contributed by atoms with E-state index in [0.717, 1.165) is 6.54 Å². The first-order chi connectivity index (χ1) is 7.24. The summed E-state index contributed by atoms with van der Waals surface area (Å²) >= 11 is 0. The van der Waals surface area contributed by atoms with E-state index in [4.69, 9.17) is 0 Å². The van der Waals surface area contributed by atoms with Gasteiger partial charge in [0.25, 0.3) is 0 Å². The molecule has 0 aliphatic heterocycles. The normalized spacial score (nSPS) is 17.7. The molecule has 1 aromatic carbocycles. The lowest BCUT2D eigenvalue weighted by atomic mass is 9.95. The second-order valence-corrected chi connectivity index (χ2v) is 4.95. The van der Waals surface area contributed by atoms with Crippen LogP contribution in [0.5, 0.6) is 0 Å². The molecule has 0 amide bonds. The fourth-order valence-electron chi connectivity index (χ4n) is 2.24. The SMILES string of the molecule is CCNCC1(Cc2cccc(C)c2)CC1. The van der Waals surface area contributed by atoms with Crippen molar-refractivity contribution >= 4 is 0 Å². The van der Waals surface area contributed by atoms with E-state index in [1.54, 1.807) is 0 Å². The molecule has 0 heterocycles. The van der Waals surface area contributed by atoms with Crippen molar-refractivity contribution in [3.63, 3.8) is 0 Å². The molecule has 1 saturated carbocycles. The van der Waals surface area contributed by atoms with Gasteiger partial charge in [-0.2, -0.15) is 0 Å². The van der Waals surface area contributed by atoms with E-state index in [0.29, 0.717) is 5.41 Å². The van der Waals surface area contributed by atoms with E-state index >= 15 is 0 Å². The van der Waals surface area contributed by atoms with Gasteiger partial charge < -0.3 is 5.32 Å². The summed E-state index contributed by atoms with van der Waals surface area (Å²) < 4.78 is 0. The molecule has 2 rings (SSSR count). The van der Waals surface area contributed by atoms with Gasteiger partial charge >= 0.3 is 0 Å². The van der Waals surface area contributed by atoms with Crippen LogP contribution in [0.2, 0.25) is 0 Å². The van der Waals surface area contributed by atoms with Crippen LogP contribution < -0.4 is 5.32 Å². The van der Waals surface area contributed by atoms with Crippen molar-refractivity contribution in [2.75, 3.05) is 13.1 Å². The van der Waals surface area contributed by atoms with Crippen molar-refractivity contribution in [2.45, 2.75) is 33.1 Å². The Morgan fingerprint density at radius 2 is 2.13 bits per heavy atom. The lowest BCUT2D eigenvalue weighted by Gasteiger charge is -2.15. The van der Waals surface area contributed by atoms with Crippen molar-refractivity contribution in [3.05, 3.63) is 35.4 Å². The maximum Gasteiger partial charge on any atom is 0.00109 e. The Bertz CT molecular complexity index is 326. The van der Waals surface area contributed by atoms with Crippen molar-refractivity contribution in [2.24, 2.45) is 5.41 Å². The zero-order valence-corrected chi connectivity index (χ0v) is 9.84. The van der Waals surface area contributed by atoms with Crippen LogP contribution in [0.3, 0.4) is 0 Å². The summed E-state index contributed by atoms with van der Waals surface area (Å²) in [7, 11) is 0. The standard InChI is InChI=1S/C14H21N/c1-3-15-11-14(7-8-14)10-13-6-4-5-12(2)9-13/h4-6,9,15H,3,7-8,10-11H2,1-2H3. The minimum absolute atomic E-state index is 0.587. The minimum atomic E-state index is 0.587. The third-order valence-corrected chi connectivity index (χ3v) is 3.37. The van der Waals surface area contributed by atoms with Gasteiger partial charge in [-0.25, -0.2) is 0 Å². The van der Waals surface area contributed by atoms with Gasteiger partial charge in [-0.05, 0) is 43.7 Å². The van der Waals surface area contributed by atoms with Crippen LogP contribution in [0.25, 0.3) is 0 Å². The van der Waals surface area contributed by atoms with E-state index in [2.05, 4.69) is 43.4 Å². The van der Waals surface area contributed by atoms with E-state index < -0.39 is 0 Å². The highest BCUT2D eigenvalue weighted by Crippen LogP contribution is 2.47. The topological polar surface area (TPSA) is 12.0 Å². The summed E-state index contributed by atoms with van der Waals surface area (Å²) in [5, 5.41) is 3.49. The molecule has 1 aliphatic carbocycles. The Hall–Kier alpha value is -0.820. The van der Waals surface area contributed by atoms with Gasteiger partial charge in [-0.1, -0.05) is 36.8 Å². The van der Waals surface area contributed by atoms with Crippen LogP contribution in [-0.4, -0.2) is 13.1 Å². The van der Waals surface area contributed by atoms with E-state index in [-0.39, 0.29) is 0 Å². The predicted octanol–water partition coefficient (Wildman–Crippen LogP) is 2.93. The lowest BCUT2D eigenvalue weighted by Crippen LogP contribution is -2.25. The number of hydrogen-bond acceptors (Lipinski definition) is 1. The van der Waals surface area contributed by atoms with Crippen LogP contribution in [0.4, 0.5) is 0 Å². The molecule has 0 radical (unpaired) electrons. The third kappa shape index (κ3) is 2.82. The molecule has 0 atom stereocenters. The molecule has 1 aliphatic rings. The van der Waals surface area contributed by atoms with Crippen LogP contribution in [0, 0.1) is 12.3 Å². The molecule has 1 fully saturated rings. The van der Waals surface area contributed by atoms with Crippen molar-refractivity contribution in [3.8, 4) is 0 Å². The Morgan fingerprint density at radius 1 is 1.33 bits per heavy atom. The Balaban J connectivity index is 1.96. The molecule has 1 nitrogen and oxygen atoms in total. The van der Waals surface area contributed by atoms with Gasteiger partial charge in [0.2, 0.25) is 0 Å². The lowest BCUT2D eigenvalue weighted by molar-refractivity contribution is 0.463. The second kappa shape index (κ2) is 4.36. The van der Waals surface area contributed by atoms with Gasteiger partial charge in [0.15, 0.2) is 0 Å². The summed E-state index contributed by atoms with van der Waals surface area (Å²) in [6, 6.07) is 8.94. The van der Waals surface area contributed by atoms with E-state index in [1.165, 1.54) is 36.9 Å². The summed E-state index contributed by atoms with van der Waals surface area (Å²) in [6.45, 7) is 6.64. The second-order valence-electron chi connectivity index (χ2n) is 4.95. The molecule has 1 aromatic rings. The molecule has 1 heteroatoms. The summed E-state index contributed by atoms with van der Waals surface area (Å²) in [4.78, 5) is 0. The van der Waals surface area contributed by atoms with Crippen molar-refractivity contribution in [1.29, 1.82) is 0 Å². The van der Waals surface area contributed by atoms with Gasteiger partial charge in [-0.15, -0.1) is 0 Å². The minimum Gasteiger partial charge on any atom is -0.316 e. The molecule has 0 unspecified atom stereocenters. The zero-order valence-electron chi connectivity index (χ0n) is 9.84. The van der Waals surface area contributed by atoms with Crippen molar-refractivity contribution < 1.29 is 0 Å². The van der Waals surface area contributed by atoms with Gasteiger partial charge in [0, 0.05) is 6.54 Å². The highest BCUT2D eigenvalue weighted by molar-refractivity contribution is 5.24. The van der Waals surface area contributed by atoms with Gasteiger partial charge in [0.05, 0.1) is 0 Å². The molecular weight excluding hydrogens is 182 g/mol. The number of benzene rings is 1. The Labute approximate surface area is 92.9 Å². The summed E-state index contributed by atoms with van der Waals surface area (Å²) in [6.07, 6.45) is 4.05.